The van der Waals surface area contributed by atoms with Gasteiger partial charge in [-0.25, -0.2) is 4.79 Å². The highest BCUT2D eigenvalue weighted by Gasteiger charge is 2.06. The number of hydrogen-bond acceptors (Lipinski definition) is 1. The largest absolute Gasteiger partial charge is 0.328 e. The van der Waals surface area contributed by atoms with E-state index in [0.717, 1.165) is 5.56 Å². The number of aromatic nitrogens is 2. The van der Waals surface area contributed by atoms with Gasteiger partial charge in [0.05, 0.1) is 6.54 Å². The Morgan fingerprint density at radius 1 is 1.18 bits per heavy atom. The van der Waals surface area contributed by atoms with Crippen LogP contribution in [0.25, 0.3) is 0 Å². The lowest BCUT2D eigenvalue weighted by atomic mass is 10.2. The molecule has 0 saturated carbocycles. The third-order valence-electron chi connectivity index (χ3n) is 2.70. The Balaban J connectivity index is 2.25. The van der Waals surface area contributed by atoms with Crippen LogP contribution >= 0.6 is 11.6 Å². The number of rotatable bonds is 3. The maximum Gasteiger partial charge on any atom is 0.328 e. The first-order valence-electron chi connectivity index (χ1n) is 5.59. The van der Waals surface area contributed by atoms with Crippen molar-refractivity contribution in [3.63, 3.8) is 0 Å². The molecule has 0 amide bonds. The van der Waals surface area contributed by atoms with E-state index in [2.05, 4.69) is 0 Å². The van der Waals surface area contributed by atoms with E-state index in [4.69, 9.17) is 11.6 Å². The van der Waals surface area contributed by atoms with Gasteiger partial charge in [-0.1, -0.05) is 23.7 Å². The summed E-state index contributed by atoms with van der Waals surface area (Å²) in [5, 5.41) is 0.709. The predicted octanol–water partition coefficient (Wildman–Crippen LogP) is 2.93. The number of hydrogen-bond donors (Lipinski definition) is 0. The van der Waals surface area contributed by atoms with E-state index < -0.39 is 0 Å². The summed E-state index contributed by atoms with van der Waals surface area (Å²) in [6.45, 7) is 4.57. The van der Waals surface area contributed by atoms with E-state index in [-0.39, 0.29) is 11.7 Å². The molecule has 3 nitrogen and oxygen atoms in total. The van der Waals surface area contributed by atoms with Gasteiger partial charge in [-0.3, -0.25) is 9.13 Å². The Morgan fingerprint density at radius 2 is 1.82 bits per heavy atom. The van der Waals surface area contributed by atoms with Crippen LogP contribution in [0.5, 0.6) is 0 Å². The van der Waals surface area contributed by atoms with Crippen LogP contribution in [0.4, 0.5) is 0 Å². The average molecular weight is 251 g/mol. The molecule has 0 aliphatic rings. The minimum atomic E-state index is 0.0231. The van der Waals surface area contributed by atoms with Gasteiger partial charge in [0.15, 0.2) is 0 Å². The van der Waals surface area contributed by atoms with E-state index in [9.17, 15) is 4.79 Å². The fourth-order valence-electron chi connectivity index (χ4n) is 1.73. The molecule has 4 heteroatoms. The molecule has 0 aliphatic heterocycles. The van der Waals surface area contributed by atoms with Crippen molar-refractivity contribution in [1.29, 1.82) is 0 Å². The normalized spacial score (nSPS) is 11.1. The van der Waals surface area contributed by atoms with E-state index in [1.807, 2.05) is 50.5 Å². The summed E-state index contributed by atoms with van der Waals surface area (Å²) in [5.74, 6) is 0. The summed E-state index contributed by atoms with van der Waals surface area (Å²) >= 11 is 5.82. The standard InChI is InChI=1S/C13H15ClN2O/c1-10(2)16-8-7-15(13(16)17)9-11-3-5-12(14)6-4-11/h3-8,10H,9H2,1-2H3. The Kier molecular flexibility index (Phi) is 3.38. The molecular formula is C13H15ClN2O. The number of benzene rings is 1. The molecule has 1 heterocycles. The highest BCUT2D eigenvalue weighted by Crippen LogP contribution is 2.10. The van der Waals surface area contributed by atoms with Crippen LogP contribution in [-0.4, -0.2) is 9.13 Å². The summed E-state index contributed by atoms with van der Waals surface area (Å²) in [4.78, 5) is 12.0. The second-order valence-corrected chi connectivity index (χ2v) is 4.77. The van der Waals surface area contributed by atoms with E-state index in [1.54, 1.807) is 9.13 Å². The highest BCUT2D eigenvalue weighted by molar-refractivity contribution is 6.30. The molecule has 0 N–H and O–H groups in total. The Morgan fingerprint density at radius 3 is 2.35 bits per heavy atom. The SMILES string of the molecule is CC(C)n1ccn(Cc2ccc(Cl)cc2)c1=O. The lowest BCUT2D eigenvalue weighted by Gasteiger charge is -2.05. The molecular weight excluding hydrogens is 236 g/mol. The summed E-state index contributed by atoms with van der Waals surface area (Å²) in [5.41, 5.74) is 1.09. The molecule has 0 atom stereocenters. The average Bonchev–Trinajstić information content (AvgIpc) is 2.64. The molecule has 1 aromatic heterocycles. The smallest absolute Gasteiger partial charge is 0.297 e. The van der Waals surface area contributed by atoms with Crippen molar-refractivity contribution in [2.45, 2.75) is 26.4 Å². The van der Waals surface area contributed by atoms with Gasteiger partial charge < -0.3 is 0 Å². The third-order valence-corrected chi connectivity index (χ3v) is 2.95. The quantitative estimate of drug-likeness (QED) is 0.823. The van der Waals surface area contributed by atoms with Crippen molar-refractivity contribution in [1.82, 2.24) is 9.13 Å². The molecule has 90 valence electrons. The first-order chi connectivity index (χ1) is 8.08. The van der Waals surface area contributed by atoms with Gasteiger partial charge in [0, 0.05) is 23.5 Å². The van der Waals surface area contributed by atoms with Crippen LogP contribution in [0.2, 0.25) is 5.02 Å². The summed E-state index contributed by atoms with van der Waals surface area (Å²) in [7, 11) is 0. The molecule has 17 heavy (non-hydrogen) atoms. The molecule has 0 bridgehead atoms. The Hall–Kier alpha value is -1.48. The van der Waals surface area contributed by atoms with Crippen LogP contribution < -0.4 is 5.69 Å². The van der Waals surface area contributed by atoms with Gasteiger partial charge in [-0.15, -0.1) is 0 Å². The van der Waals surface area contributed by atoms with Gasteiger partial charge >= 0.3 is 5.69 Å². The number of imidazole rings is 1. The molecule has 2 rings (SSSR count). The minimum Gasteiger partial charge on any atom is -0.297 e. The topological polar surface area (TPSA) is 26.9 Å². The van der Waals surface area contributed by atoms with Gasteiger partial charge in [0.2, 0.25) is 0 Å². The fourth-order valence-corrected chi connectivity index (χ4v) is 1.85. The van der Waals surface area contributed by atoms with Crippen LogP contribution in [-0.2, 0) is 6.54 Å². The molecule has 1 aromatic carbocycles. The molecule has 0 spiro atoms. The first kappa shape index (κ1) is 12.0. The summed E-state index contributed by atoms with van der Waals surface area (Å²) in [6, 6.07) is 7.72. The molecule has 0 unspecified atom stereocenters. The van der Waals surface area contributed by atoms with Gasteiger partial charge in [0.25, 0.3) is 0 Å². The van der Waals surface area contributed by atoms with Gasteiger partial charge in [0.1, 0.15) is 0 Å². The molecule has 2 aromatic rings. The summed E-state index contributed by atoms with van der Waals surface area (Å²) in [6.07, 6.45) is 3.64. The van der Waals surface area contributed by atoms with Crippen molar-refractivity contribution in [3.8, 4) is 0 Å². The lowest BCUT2D eigenvalue weighted by Crippen LogP contribution is -2.25. The Labute approximate surface area is 105 Å². The summed E-state index contributed by atoms with van der Waals surface area (Å²) < 4.78 is 3.42. The monoisotopic (exact) mass is 250 g/mol. The van der Waals surface area contributed by atoms with Crippen molar-refractivity contribution in [2.75, 3.05) is 0 Å². The zero-order valence-electron chi connectivity index (χ0n) is 9.93. The second kappa shape index (κ2) is 4.80. The van der Waals surface area contributed by atoms with Crippen molar-refractivity contribution in [3.05, 3.63) is 57.7 Å². The zero-order valence-corrected chi connectivity index (χ0v) is 10.7. The highest BCUT2D eigenvalue weighted by atomic mass is 35.5. The third kappa shape index (κ3) is 2.61. The minimum absolute atomic E-state index is 0.0231. The number of halogens is 1. The predicted molar refractivity (Wildman–Crippen MR) is 69.6 cm³/mol. The zero-order chi connectivity index (χ0) is 12.4. The van der Waals surface area contributed by atoms with Gasteiger partial charge in [-0.05, 0) is 31.5 Å². The van der Waals surface area contributed by atoms with Crippen molar-refractivity contribution >= 4 is 11.6 Å². The van der Waals surface area contributed by atoms with Gasteiger partial charge in [-0.2, -0.15) is 0 Å². The van der Waals surface area contributed by atoms with E-state index >= 15 is 0 Å². The van der Waals surface area contributed by atoms with Crippen LogP contribution in [0.1, 0.15) is 25.5 Å². The fraction of sp³-hybridized carbons (Fsp3) is 0.308. The maximum absolute atomic E-state index is 12.0. The van der Waals surface area contributed by atoms with Crippen molar-refractivity contribution < 1.29 is 0 Å². The van der Waals surface area contributed by atoms with Crippen LogP contribution in [0.3, 0.4) is 0 Å². The molecule has 0 aliphatic carbocycles. The van der Waals surface area contributed by atoms with E-state index in [1.165, 1.54) is 0 Å². The van der Waals surface area contributed by atoms with Crippen molar-refractivity contribution in [2.24, 2.45) is 0 Å². The number of nitrogens with zero attached hydrogens (tertiary/aromatic N) is 2. The van der Waals surface area contributed by atoms with E-state index in [0.29, 0.717) is 11.6 Å². The maximum atomic E-state index is 12.0. The van der Waals surface area contributed by atoms with Crippen LogP contribution in [0, 0.1) is 0 Å². The molecule has 0 fully saturated rings. The lowest BCUT2D eigenvalue weighted by molar-refractivity contribution is 0.561. The molecule has 0 saturated heterocycles. The Bertz CT molecular complexity index is 552. The second-order valence-electron chi connectivity index (χ2n) is 4.34. The first-order valence-corrected chi connectivity index (χ1v) is 5.97. The molecule has 0 radical (unpaired) electrons. The van der Waals surface area contributed by atoms with Crippen LogP contribution in [0.15, 0.2) is 41.5 Å².